The average molecular weight is 819 g/mol. The van der Waals surface area contributed by atoms with Crippen LogP contribution in [0, 0.1) is 0 Å². The average Bonchev–Trinajstić information content (AvgIpc) is 3.85. The summed E-state index contributed by atoms with van der Waals surface area (Å²) in [7, 11) is 0. The van der Waals surface area contributed by atoms with Gasteiger partial charge in [-0.25, -0.2) is 0 Å². The first-order valence-corrected chi connectivity index (χ1v) is 19.3. The Bertz CT molecular complexity index is 1090. The molecule has 4 aliphatic rings. The molecule has 0 radical (unpaired) electrons. The highest BCUT2D eigenvalue weighted by Gasteiger charge is 2.58. The van der Waals surface area contributed by atoms with Gasteiger partial charge < -0.3 is 95.0 Å². The molecule has 3 saturated heterocycles. The zero-order chi connectivity index (χ0) is 41.8. The van der Waals surface area contributed by atoms with Crippen molar-refractivity contribution in [3.63, 3.8) is 0 Å². The molecular formula is C35H66N2O19. The fraction of sp³-hybridized carbons (Fsp3) is 0.943. The molecule has 0 aromatic heterocycles. The Labute approximate surface area is 326 Å². The zero-order valence-electron chi connectivity index (χ0n) is 32.1. The Kier molecular flexibility index (Phi) is 23.7. The van der Waals surface area contributed by atoms with Gasteiger partial charge in [0.15, 0.2) is 18.9 Å². The predicted octanol–water partition coefficient (Wildman–Crippen LogP) is -4.16. The third kappa shape index (κ3) is 15.5. The third-order valence-electron chi connectivity index (χ3n) is 9.52. The molecule has 0 aliphatic carbocycles. The van der Waals surface area contributed by atoms with Gasteiger partial charge in [0, 0.05) is 13.0 Å². The van der Waals surface area contributed by atoms with Gasteiger partial charge >= 0.3 is 5.97 Å². The number of aliphatic hydroxyl groups is 12. The van der Waals surface area contributed by atoms with Crippen LogP contribution in [0.25, 0.3) is 0 Å². The van der Waals surface area contributed by atoms with Crippen LogP contribution in [0.5, 0.6) is 0 Å². The molecule has 56 heavy (non-hydrogen) atoms. The van der Waals surface area contributed by atoms with Gasteiger partial charge in [-0.15, -0.1) is 0 Å². The number of esters is 1. The Morgan fingerprint density at radius 1 is 0.768 bits per heavy atom. The van der Waals surface area contributed by atoms with Crippen LogP contribution in [-0.4, -0.2) is 205 Å². The van der Waals surface area contributed by atoms with Gasteiger partial charge in [-0.1, -0.05) is 58.3 Å². The number of unbranched alkanes of at least 4 members (excludes halogenated alkanes) is 8. The number of ether oxygens (including phenoxy) is 6. The summed E-state index contributed by atoms with van der Waals surface area (Å²) in [5.74, 6) is -2.65. The monoisotopic (exact) mass is 818 g/mol. The van der Waals surface area contributed by atoms with Crippen molar-refractivity contribution in [3.8, 4) is 0 Å². The number of nitrogens with one attached hydrogen (secondary N) is 1. The number of aliphatic hydroxyl groups excluding tert-OH is 12. The van der Waals surface area contributed by atoms with E-state index in [0.29, 0.717) is 6.42 Å². The highest BCUT2D eigenvalue weighted by Crippen LogP contribution is 2.36. The molecule has 0 bridgehead atoms. The lowest BCUT2D eigenvalue weighted by Gasteiger charge is -2.44. The maximum absolute atomic E-state index is 11.1. The normalized spacial score (nSPS) is 37.1. The maximum Gasteiger partial charge on any atom is 0.308 e. The summed E-state index contributed by atoms with van der Waals surface area (Å²) in [6.07, 6.45) is -9.47. The van der Waals surface area contributed by atoms with Crippen molar-refractivity contribution in [2.24, 2.45) is 4.99 Å². The lowest BCUT2D eigenvalue weighted by Crippen LogP contribution is -2.63. The van der Waals surface area contributed by atoms with Crippen LogP contribution in [0.2, 0.25) is 0 Å². The van der Waals surface area contributed by atoms with E-state index in [-0.39, 0.29) is 5.97 Å². The summed E-state index contributed by atoms with van der Waals surface area (Å²) in [5.41, 5.74) is 0. The van der Waals surface area contributed by atoms with Gasteiger partial charge in [0.2, 0.25) is 5.79 Å². The van der Waals surface area contributed by atoms with E-state index in [1.807, 2.05) is 0 Å². The summed E-state index contributed by atoms with van der Waals surface area (Å²) in [4.78, 5) is 14.9. The van der Waals surface area contributed by atoms with Crippen molar-refractivity contribution in [3.05, 3.63) is 0 Å². The number of aliphatic imine (C=N–C) groups is 1. The van der Waals surface area contributed by atoms with Gasteiger partial charge in [-0.3, -0.25) is 9.79 Å². The Morgan fingerprint density at radius 3 is 1.80 bits per heavy atom. The lowest BCUT2D eigenvalue weighted by molar-refractivity contribution is -0.388. The first-order chi connectivity index (χ1) is 26.7. The van der Waals surface area contributed by atoms with Gasteiger partial charge in [0.25, 0.3) is 0 Å². The smallest absolute Gasteiger partial charge is 0.308 e. The first-order valence-electron chi connectivity index (χ1n) is 19.3. The van der Waals surface area contributed by atoms with E-state index < -0.39 is 118 Å². The number of carbonyl (C=O) groups is 1. The molecule has 0 amide bonds. The van der Waals surface area contributed by atoms with E-state index in [4.69, 9.17) is 28.8 Å². The van der Waals surface area contributed by atoms with Crippen LogP contribution in [0.3, 0.4) is 0 Å². The number of hydrogen-bond acceptors (Lipinski definition) is 21. The highest BCUT2D eigenvalue weighted by atomic mass is 16.8. The molecule has 4 aliphatic heterocycles. The van der Waals surface area contributed by atoms with Crippen molar-refractivity contribution < 1.29 is 94.5 Å². The van der Waals surface area contributed by atoms with Crippen LogP contribution in [-0.2, 0) is 33.2 Å². The van der Waals surface area contributed by atoms with E-state index in [2.05, 4.69) is 22.0 Å². The minimum atomic E-state index is -2.36. The highest BCUT2D eigenvalue weighted by molar-refractivity contribution is 5.69. The summed E-state index contributed by atoms with van der Waals surface area (Å²) in [6, 6.07) is 0. The van der Waals surface area contributed by atoms with Gasteiger partial charge in [0.05, 0.1) is 32.7 Å². The lowest BCUT2D eigenvalue weighted by atomic mass is 9.98. The largest absolute Gasteiger partial charge is 0.436 e. The van der Waals surface area contributed by atoms with Crippen LogP contribution in [0.1, 0.15) is 78.1 Å². The molecule has 0 aromatic rings. The number of carbonyl (C=O) groups excluding carboxylic acids is 1. The van der Waals surface area contributed by atoms with Gasteiger partial charge in [0.1, 0.15) is 73.8 Å². The second-order valence-corrected chi connectivity index (χ2v) is 14.1. The Morgan fingerprint density at radius 2 is 1.32 bits per heavy atom. The minimum Gasteiger partial charge on any atom is -0.436 e. The summed E-state index contributed by atoms with van der Waals surface area (Å²) in [5, 5.41) is 121. The molecule has 13 N–H and O–H groups in total. The van der Waals surface area contributed by atoms with E-state index in [0.717, 1.165) is 25.9 Å². The van der Waals surface area contributed by atoms with Crippen molar-refractivity contribution >= 4 is 12.3 Å². The number of nitrogens with zero attached hydrogens (tertiary/aromatic N) is 1. The number of rotatable bonds is 19. The van der Waals surface area contributed by atoms with Gasteiger partial charge in [-0.05, 0) is 13.3 Å². The van der Waals surface area contributed by atoms with E-state index in [1.54, 1.807) is 6.34 Å². The SMILES string of the molecule is C1=NCCN1.CCCCCCCCCCCC(=O)OC(C)O.OC[C@H]1O[C@H](OC[C@H]2O[C@H](O[C@]3(CO)O[C@H](CO)[C@@H](O)[C@@H]3O)[C@H](O)[C@@H](O)[C@@H]2O)[C@H](O)[C@@H](O)[C@H]1O. The van der Waals surface area contributed by atoms with Crippen molar-refractivity contribution in [1.82, 2.24) is 5.32 Å². The summed E-state index contributed by atoms with van der Waals surface area (Å²) < 4.78 is 31.1. The predicted molar refractivity (Wildman–Crippen MR) is 192 cm³/mol. The molecule has 3 fully saturated rings. The van der Waals surface area contributed by atoms with Crippen molar-refractivity contribution in [1.29, 1.82) is 0 Å². The molecule has 0 saturated carbocycles. The molecular weight excluding hydrogens is 752 g/mol. The first kappa shape index (κ1) is 50.4. The minimum absolute atomic E-state index is 0.289. The molecule has 1 unspecified atom stereocenters. The second kappa shape index (κ2) is 26.4. The fourth-order valence-corrected chi connectivity index (χ4v) is 6.16. The van der Waals surface area contributed by atoms with Gasteiger partial charge in [-0.2, -0.15) is 0 Å². The molecule has 0 aromatic carbocycles. The van der Waals surface area contributed by atoms with Crippen LogP contribution in [0.15, 0.2) is 4.99 Å². The van der Waals surface area contributed by atoms with Crippen LogP contribution < -0.4 is 5.32 Å². The zero-order valence-corrected chi connectivity index (χ0v) is 32.1. The van der Waals surface area contributed by atoms with E-state index in [1.165, 1.54) is 51.9 Å². The topological polar surface area (TPSA) is 340 Å². The summed E-state index contributed by atoms with van der Waals surface area (Å²) in [6.45, 7) is 2.53. The molecule has 330 valence electrons. The third-order valence-corrected chi connectivity index (χ3v) is 9.52. The fourth-order valence-electron chi connectivity index (χ4n) is 6.16. The van der Waals surface area contributed by atoms with E-state index in [9.17, 15) is 61.0 Å². The van der Waals surface area contributed by atoms with Crippen molar-refractivity contribution in [2.45, 2.75) is 170 Å². The standard InChI is InChI=1S/C18H32O16.C14H28O3.C3H6N2/c19-1-5-8(22)11(25)13(27)16(31-5)30-3-7-9(23)12(26)14(28)17(32-7)34-18(4-21)15(29)10(24)6(2-20)33-18;1-3-4-5-6-7-8-9-10-11-12-14(16)17-13(2)15;1-2-5-3-4-1/h5-17,19-29H,1-4H2;13,15H,3-12H2,1-2H3;3H,1-2H2,(H,4,5)/t5-,6-,7-,8+,9-,10-,11+,12+,13-,14-,15+,16+,17-,18+;;/m1../s1. The van der Waals surface area contributed by atoms with Crippen molar-refractivity contribution in [2.75, 3.05) is 39.5 Å². The molecule has 15 atom stereocenters. The maximum atomic E-state index is 11.1. The molecule has 4 rings (SSSR count). The molecule has 21 heteroatoms. The second-order valence-electron chi connectivity index (χ2n) is 14.1. The Hall–Kier alpha value is -1.74. The summed E-state index contributed by atoms with van der Waals surface area (Å²) >= 11 is 0. The quantitative estimate of drug-likeness (QED) is 0.0334. The molecule has 0 spiro atoms. The number of hydrogen-bond donors (Lipinski definition) is 13. The van der Waals surface area contributed by atoms with Crippen LogP contribution >= 0.6 is 0 Å². The van der Waals surface area contributed by atoms with Crippen LogP contribution in [0.4, 0.5) is 0 Å². The van der Waals surface area contributed by atoms with E-state index >= 15 is 0 Å². The Balaban J connectivity index is 0.000000407. The molecule has 21 nitrogen and oxygen atoms in total. The molecule has 4 heterocycles.